The summed E-state index contributed by atoms with van der Waals surface area (Å²) in [4.78, 5) is 20.9. The number of nitrogens with zero attached hydrogens (tertiary/aromatic N) is 2. The van der Waals surface area contributed by atoms with E-state index in [2.05, 4.69) is 51.4 Å². The van der Waals surface area contributed by atoms with Crippen LogP contribution in [0.3, 0.4) is 0 Å². The summed E-state index contributed by atoms with van der Waals surface area (Å²) in [5, 5.41) is 1.70. The maximum Gasteiger partial charge on any atom is 0.240 e. The Morgan fingerprint density at radius 1 is 1.35 bits per heavy atom. The third-order valence-electron chi connectivity index (χ3n) is 4.44. The standard InChI is InChI=1S/C20H31BrN4O/c1-8-16(17(9-2)20(26)25(22-7)13(3)4)19-23-12-18(24-19)14(5)10-11-15(6)21/h10-13,16-17,22H,5-6,8-9H2,1-4,7H3,(H,23,24)/b11-10-. The molecule has 1 heterocycles. The highest BCUT2D eigenvalue weighted by Gasteiger charge is 2.32. The number of aromatic amines is 1. The van der Waals surface area contributed by atoms with Gasteiger partial charge in [0.15, 0.2) is 0 Å². The Morgan fingerprint density at radius 3 is 2.46 bits per heavy atom. The van der Waals surface area contributed by atoms with Crippen LogP contribution < -0.4 is 5.43 Å². The van der Waals surface area contributed by atoms with Crippen molar-refractivity contribution >= 4 is 27.4 Å². The second-order valence-electron chi connectivity index (χ2n) is 6.54. The van der Waals surface area contributed by atoms with Gasteiger partial charge in [0, 0.05) is 29.4 Å². The smallest absolute Gasteiger partial charge is 0.240 e. The summed E-state index contributed by atoms with van der Waals surface area (Å²) in [6.07, 6.45) is 7.07. The van der Waals surface area contributed by atoms with E-state index in [4.69, 9.17) is 0 Å². The van der Waals surface area contributed by atoms with Crippen molar-refractivity contribution in [3.05, 3.63) is 47.5 Å². The van der Waals surface area contributed by atoms with Gasteiger partial charge in [-0.1, -0.05) is 49.0 Å². The number of hydrazine groups is 1. The third kappa shape index (κ3) is 5.68. The first-order chi connectivity index (χ1) is 12.3. The van der Waals surface area contributed by atoms with Crippen molar-refractivity contribution in [3.63, 3.8) is 0 Å². The first-order valence-electron chi connectivity index (χ1n) is 9.03. The molecule has 1 aromatic heterocycles. The number of aromatic nitrogens is 2. The summed E-state index contributed by atoms with van der Waals surface area (Å²) in [5.41, 5.74) is 4.68. The van der Waals surface area contributed by atoms with Crippen LogP contribution >= 0.6 is 15.9 Å². The van der Waals surface area contributed by atoms with Crippen molar-refractivity contribution in [1.82, 2.24) is 20.4 Å². The SMILES string of the molecule is C=C(Br)/C=C\C(=C)c1cnc(C(CC)C(CC)C(=O)N(NC)C(C)C)[nH]1. The zero-order chi connectivity index (χ0) is 19.9. The van der Waals surface area contributed by atoms with E-state index < -0.39 is 0 Å². The lowest BCUT2D eigenvalue weighted by Crippen LogP contribution is -2.49. The number of amides is 1. The average molecular weight is 423 g/mol. The summed E-state index contributed by atoms with van der Waals surface area (Å²) in [6.45, 7) is 16.0. The quantitative estimate of drug-likeness (QED) is 0.421. The molecule has 0 saturated heterocycles. The van der Waals surface area contributed by atoms with E-state index in [-0.39, 0.29) is 23.8 Å². The number of allylic oxidation sites excluding steroid dienone is 4. The molecular formula is C20H31BrN4O. The van der Waals surface area contributed by atoms with Gasteiger partial charge >= 0.3 is 0 Å². The fourth-order valence-corrected chi connectivity index (χ4v) is 3.20. The van der Waals surface area contributed by atoms with Gasteiger partial charge in [0.1, 0.15) is 5.82 Å². The molecule has 1 rings (SSSR count). The highest BCUT2D eigenvalue weighted by Crippen LogP contribution is 2.31. The number of hydrogen-bond donors (Lipinski definition) is 2. The van der Waals surface area contributed by atoms with E-state index in [9.17, 15) is 4.79 Å². The van der Waals surface area contributed by atoms with Gasteiger partial charge < -0.3 is 4.98 Å². The Balaban J connectivity index is 3.08. The van der Waals surface area contributed by atoms with Crippen LogP contribution in [-0.4, -0.2) is 34.0 Å². The normalized spacial score (nSPS) is 13.8. The van der Waals surface area contributed by atoms with Gasteiger partial charge in [-0.25, -0.2) is 10.4 Å². The fourth-order valence-electron chi connectivity index (χ4n) is 3.07. The van der Waals surface area contributed by atoms with Crippen LogP contribution in [0.4, 0.5) is 0 Å². The van der Waals surface area contributed by atoms with Crippen LogP contribution in [0.2, 0.25) is 0 Å². The van der Waals surface area contributed by atoms with Crippen molar-refractivity contribution in [3.8, 4) is 0 Å². The molecule has 1 aromatic rings. The molecule has 0 aliphatic carbocycles. The zero-order valence-electron chi connectivity index (χ0n) is 16.5. The van der Waals surface area contributed by atoms with Crippen molar-refractivity contribution in [2.24, 2.45) is 5.92 Å². The summed E-state index contributed by atoms with van der Waals surface area (Å²) in [7, 11) is 1.78. The van der Waals surface area contributed by atoms with Gasteiger partial charge in [-0.3, -0.25) is 9.80 Å². The van der Waals surface area contributed by atoms with Gasteiger partial charge in [-0.15, -0.1) is 0 Å². The summed E-state index contributed by atoms with van der Waals surface area (Å²) in [5.74, 6) is 0.817. The van der Waals surface area contributed by atoms with E-state index >= 15 is 0 Å². The molecule has 0 radical (unpaired) electrons. The molecular weight excluding hydrogens is 392 g/mol. The average Bonchev–Trinajstić information content (AvgIpc) is 3.07. The topological polar surface area (TPSA) is 61.0 Å². The van der Waals surface area contributed by atoms with Crippen molar-refractivity contribution in [2.45, 2.75) is 52.5 Å². The molecule has 0 aromatic carbocycles. The molecule has 0 fully saturated rings. The number of hydrogen-bond acceptors (Lipinski definition) is 3. The molecule has 5 nitrogen and oxygen atoms in total. The monoisotopic (exact) mass is 422 g/mol. The fraction of sp³-hybridized carbons (Fsp3) is 0.500. The van der Waals surface area contributed by atoms with Crippen molar-refractivity contribution < 1.29 is 4.79 Å². The van der Waals surface area contributed by atoms with Crippen LogP contribution in [0.1, 0.15) is 58.0 Å². The Hall–Kier alpha value is -1.66. The van der Waals surface area contributed by atoms with E-state index in [0.717, 1.165) is 34.4 Å². The molecule has 2 unspecified atom stereocenters. The molecule has 26 heavy (non-hydrogen) atoms. The van der Waals surface area contributed by atoms with E-state index in [1.807, 2.05) is 32.9 Å². The Bertz CT molecular complexity index is 663. The predicted molar refractivity (Wildman–Crippen MR) is 113 cm³/mol. The minimum absolute atomic E-state index is 0.0266. The van der Waals surface area contributed by atoms with Gasteiger partial charge in [0.05, 0.1) is 11.9 Å². The van der Waals surface area contributed by atoms with Gasteiger partial charge in [0.25, 0.3) is 0 Å². The Kier molecular flexibility index (Phi) is 9.02. The van der Waals surface area contributed by atoms with Crippen LogP contribution in [0.15, 0.2) is 36.0 Å². The second-order valence-corrected chi connectivity index (χ2v) is 7.56. The predicted octanol–water partition coefficient (Wildman–Crippen LogP) is 4.78. The Morgan fingerprint density at radius 2 is 2.00 bits per heavy atom. The van der Waals surface area contributed by atoms with Crippen LogP contribution in [0.5, 0.6) is 0 Å². The lowest BCUT2D eigenvalue weighted by molar-refractivity contribution is -0.141. The largest absolute Gasteiger partial charge is 0.342 e. The minimum Gasteiger partial charge on any atom is -0.342 e. The molecule has 144 valence electrons. The maximum atomic E-state index is 13.0. The molecule has 1 amide bonds. The molecule has 2 atom stereocenters. The molecule has 0 aliphatic rings. The number of halogens is 1. The van der Waals surface area contributed by atoms with Crippen LogP contribution in [0, 0.1) is 5.92 Å². The van der Waals surface area contributed by atoms with Crippen molar-refractivity contribution in [2.75, 3.05) is 7.05 Å². The van der Waals surface area contributed by atoms with Crippen LogP contribution in [0.25, 0.3) is 5.57 Å². The van der Waals surface area contributed by atoms with E-state index in [1.54, 1.807) is 18.3 Å². The molecule has 2 N–H and O–H groups in total. The number of imidazole rings is 1. The number of nitrogens with one attached hydrogen (secondary N) is 2. The number of carbonyl (C=O) groups is 1. The zero-order valence-corrected chi connectivity index (χ0v) is 18.1. The highest BCUT2D eigenvalue weighted by molar-refractivity contribution is 9.11. The van der Waals surface area contributed by atoms with Gasteiger partial charge in [0.2, 0.25) is 5.91 Å². The Labute approximate surface area is 165 Å². The lowest BCUT2D eigenvalue weighted by Gasteiger charge is -2.32. The van der Waals surface area contributed by atoms with E-state index in [1.165, 1.54) is 0 Å². The second kappa shape index (κ2) is 10.5. The molecule has 0 bridgehead atoms. The van der Waals surface area contributed by atoms with Gasteiger partial charge in [-0.05, 0) is 38.3 Å². The van der Waals surface area contributed by atoms with E-state index in [0.29, 0.717) is 0 Å². The summed E-state index contributed by atoms with van der Waals surface area (Å²) < 4.78 is 0.780. The highest BCUT2D eigenvalue weighted by atomic mass is 79.9. The number of H-pyrrole nitrogens is 1. The molecule has 0 saturated carbocycles. The molecule has 6 heteroatoms. The molecule has 0 spiro atoms. The first-order valence-corrected chi connectivity index (χ1v) is 9.83. The summed E-state index contributed by atoms with van der Waals surface area (Å²) >= 11 is 3.30. The van der Waals surface area contributed by atoms with Gasteiger partial charge in [-0.2, -0.15) is 0 Å². The maximum absolute atomic E-state index is 13.0. The molecule has 0 aliphatic heterocycles. The first kappa shape index (κ1) is 22.4. The number of rotatable bonds is 10. The van der Waals surface area contributed by atoms with Crippen molar-refractivity contribution in [1.29, 1.82) is 0 Å². The lowest BCUT2D eigenvalue weighted by atomic mass is 9.86. The van der Waals surface area contributed by atoms with Crippen LogP contribution in [-0.2, 0) is 4.79 Å². The third-order valence-corrected chi connectivity index (χ3v) is 4.70. The minimum atomic E-state index is -0.139. The number of carbonyl (C=O) groups excluding carboxylic acids is 1. The summed E-state index contributed by atoms with van der Waals surface area (Å²) in [6, 6.07) is 0.0912.